The van der Waals surface area contributed by atoms with Crippen LogP contribution in [0.15, 0.2) is 0 Å². The first kappa shape index (κ1) is 8.24. The van der Waals surface area contributed by atoms with Gasteiger partial charge in [-0.05, 0) is 25.7 Å². The zero-order chi connectivity index (χ0) is 8.39. The van der Waals surface area contributed by atoms with Crippen LogP contribution in [0.2, 0.25) is 0 Å². The Morgan fingerprint density at radius 1 is 1.08 bits per heavy atom. The van der Waals surface area contributed by atoms with Crippen molar-refractivity contribution in [2.45, 2.75) is 57.0 Å². The second-order valence-corrected chi connectivity index (χ2v) is 4.13. The van der Waals surface area contributed by atoms with Gasteiger partial charge in [0.05, 0.1) is 0 Å². The maximum atomic E-state index is 11.1. The second kappa shape index (κ2) is 3.56. The van der Waals surface area contributed by atoms with Crippen molar-refractivity contribution in [1.82, 2.24) is 5.32 Å². The van der Waals surface area contributed by atoms with Gasteiger partial charge in [-0.15, -0.1) is 0 Å². The van der Waals surface area contributed by atoms with Crippen molar-refractivity contribution >= 4 is 5.78 Å². The minimum atomic E-state index is 0.457. The van der Waals surface area contributed by atoms with Gasteiger partial charge in [0, 0.05) is 24.9 Å². The van der Waals surface area contributed by atoms with E-state index in [0.717, 1.165) is 25.3 Å². The first-order chi connectivity index (χ1) is 5.84. The average Bonchev–Trinajstić information content (AvgIpc) is 1.97. The summed E-state index contributed by atoms with van der Waals surface area (Å²) in [6.45, 7) is 0. The molecular formula is C10H17NO. The van der Waals surface area contributed by atoms with Gasteiger partial charge in [0.2, 0.25) is 0 Å². The maximum Gasteiger partial charge on any atom is 0.134 e. The zero-order valence-corrected chi connectivity index (χ0v) is 7.51. The van der Waals surface area contributed by atoms with Crippen LogP contribution >= 0.6 is 0 Å². The largest absolute Gasteiger partial charge is 0.311 e. The molecule has 0 saturated heterocycles. The molecule has 2 saturated carbocycles. The molecule has 0 aromatic carbocycles. The molecule has 1 atom stereocenters. The Balaban J connectivity index is 1.74. The molecule has 0 radical (unpaired) electrons. The smallest absolute Gasteiger partial charge is 0.134 e. The molecule has 2 nitrogen and oxygen atoms in total. The molecule has 68 valence electrons. The molecule has 0 spiro atoms. The van der Waals surface area contributed by atoms with Gasteiger partial charge in [-0.25, -0.2) is 0 Å². The molecule has 0 bridgehead atoms. The van der Waals surface area contributed by atoms with E-state index >= 15 is 0 Å². The summed E-state index contributed by atoms with van der Waals surface area (Å²) < 4.78 is 0. The zero-order valence-electron chi connectivity index (χ0n) is 7.51. The SMILES string of the molecule is O=C1CCCC(NC2CCC2)C1. The van der Waals surface area contributed by atoms with Crippen LogP contribution in [0.3, 0.4) is 0 Å². The van der Waals surface area contributed by atoms with E-state index in [4.69, 9.17) is 0 Å². The van der Waals surface area contributed by atoms with E-state index in [-0.39, 0.29) is 0 Å². The van der Waals surface area contributed by atoms with Crippen molar-refractivity contribution in [3.05, 3.63) is 0 Å². The van der Waals surface area contributed by atoms with Crippen molar-refractivity contribution < 1.29 is 4.79 Å². The Morgan fingerprint density at radius 3 is 2.42 bits per heavy atom. The summed E-state index contributed by atoms with van der Waals surface area (Å²) in [6.07, 6.45) is 7.94. The Labute approximate surface area is 73.7 Å². The number of nitrogens with one attached hydrogen (secondary N) is 1. The Hall–Kier alpha value is -0.370. The van der Waals surface area contributed by atoms with Crippen molar-refractivity contribution in [2.24, 2.45) is 0 Å². The molecule has 0 amide bonds. The molecule has 1 unspecified atom stereocenters. The summed E-state index contributed by atoms with van der Waals surface area (Å²) in [7, 11) is 0. The normalized spacial score (nSPS) is 31.7. The van der Waals surface area contributed by atoms with E-state index in [9.17, 15) is 4.79 Å². The minimum absolute atomic E-state index is 0.457. The van der Waals surface area contributed by atoms with Gasteiger partial charge in [-0.1, -0.05) is 6.42 Å². The highest BCUT2D eigenvalue weighted by Crippen LogP contribution is 2.22. The van der Waals surface area contributed by atoms with E-state index in [0.29, 0.717) is 11.8 Å². The lowest BCUT2D eigenvalue weighted by atomic mass is 9.88. The lowest BCUT2D eigenvalue weighted by Gasteiger charge is -2.32. The summed E-state index contributed by atoms with van der Waals surface area (Å²) in [5.41, 5.74) is 0. The molecule has 0 heterocycles. The summed E-state index contributed by atoms with van der Waals surface area (Å²) in [5.74, 6) is 0.457. The van der Waals surface area contributed by atoms with Crippen LogP contribution < -0.4 is 5.32 Å². The number of hydrogen-bond acceptors (Lipinski definition) is 2. The van der Waals surface area contributed by atoms with Gasteiger partial charge in [0.25, 0.3) is 0 Å². The Kier molecular flexibility index (Phi) is 2.45. The third kappa shape index (κ3) is 1.86. The first-order valence-corrected chi connectivity index (χ1v) is 5.12. The molecule has 12 heavy (non-hydrogen) atoms. The number of carbonyl (C=O) groups excluding carboxylic acids is 1. The molecule has 2 aliphatic carbocycles. The van der Waals surface area contributed by atoms with Gasteiger partial charge < -0.3 is 5.32 Å². The fraction of sp³-hybridized carbons (Fsp3) is 0.900. The fourth-order valence-corrected chi connectivity index (χ4v) is 2.08. The quantitative estimate of drug-likeness (QED) is 0.677. The molecule has 2 aliphatic rings. The van der Waals surface area contributed by atoms with Crippen LogP contribution in [-0.2, 0) is 4.79 Å². The van der Waals surface area contributed by atoms with Gasteiger partial charge >= 0.3 is 0 Å². The summed E-state index contributed by atoms with van der Waals surface area (Å²) >= 11 is 0. The molecule has 1 N–H and O–H groups in total. The Morgan fingerprint density at radius 2 is 1.83 bits per heavy atom. The van der Waals surface area contributed by atoms with Gasteiger partial charge in [0.1, 0.15) is 5.78 Å². The number of hydrogen-bond donors (Lipinski definition) is 1. The summed E-state index contributed by atoms with van der Waals surface area (Å²) in [6, 6.07) is 1.25. The molecular weight excluding hydrogens is 150 g/mol. The highest BCUT2D eigenvalue weighted by atomic mass is 16.1. The first-order valence-electron chi connectivity index (χ1n) is 5.12. The number of carbonyl (C=O) groups is 1. The van der Waals surface area contributed by atoms with E-state index in [1.54, 1.807) is 0 Å². The summed E-state index contributed by atoms with van der Waals surface area (Å²) in [5, 5.41) is 3.56. The molecule has 0 aromatic heterocycles. The van der Waals surface area contributed by atoms with Crippen LogP contribution in [0, 0.1) is 0 Å². The molecule has 2 fully saturated rings. The van der Waals surface area contributed by atoms with Crippen LogP contribution in [-0.4, -0.2) is 17.9 Å². The van der Waals surface area contributed by atoms with Gasteiger partial charge in [-0.3, -0.25) is 4.79 Å². The highest BCUT2D eigenvalue weighted by molar-refractivity contribution is 5.79. The maximum absolute atomic E-state index is 11.1. The molecule has 0 aromatic rings. The predicted octanol–water partition coefficient (Wildman–Crippen LogP) is 1.64. The average molecular weight is 167 g/mol. The topological polar surface area (TPSA) is 29.1 Å². The van der Waals surface area contributed by atoms with Crippen molar-refractivity contribution in [3.63, 3.8) is 0 Å². The van der Waals surface area contributed by atoms with Crippen LogP contribution in [0.25, 0.3) is 0 Å². The van der Waals surface area contributed by atoms with E-state index in [2.05, 4.69) is 5.32 Å². The Bertz CT molecular complexity index is 175. The fourth-order valence-electron chi connectivity index (χ4n) is 2.08. The van der Waals surface area contributed by atoms with Crippen molar-refractivity contribution in [1.29, 1.82) is 0 Å². The van der Waals surface area contributed by atoms with Gasteiger partial charge in [-0.2, -0.15) is 0 Å². The molecule has 0 aliphatic heterocycles. The van der Waals surface area contributed by atoms with Crippen molar-refractivity contribution in [3.8, 4) is 0 Å². The lowest BCUT2D eigenvalue weighted by molar-refractivity contribution is -0.120. The number of Topliss-reactive ketones (excluding diaryl/α,β-unsaturated/α-hetero) is 1. The van der Waals surface area contributed by atoms with E-state index in [1.807, 2.05) is 0 Å². The highest BCUT2D eigenvalue weighted by Gasteiger charge is 2.24. The van der Waals surface area contributed by atoms with Crippen LogP contribution in [0.4, 0.5) is 0 Å². The molecule has 2 heteroatoms. The third-order valence-corrected chi connectivity index (χ3v) is 3.06. The second-order valence-electron chi connectivity index (χ2n) is 4.13. The summed E-state index contributed by atoms with van der Waals surface area (Å²) in [4.78, 5) is 11.1. The van der Waals surface area contributed by atoms with E-state index < -0.39 is 0 Å². The third-order valence-electron chi connectivity index (χ3n) is 3.06. The molecule has 2 rings (SSSR count). The standard InChI is InChI=1S/C10H17NO/c12-10-6-2-5-9(7-10)11-8-3-1-4-8/h8-9,11H,1-7H2. The van der Waals surface area contributed by atoms with Gasteiger partial charge in [0.15, 0.2) is 0 Å². The number of ketones is 1. The lowest BCUT2D eigenvalue weighted by Crippen LogP contribution is -2.44. The van der Waals surface area contributed by atoms with E-state index in [1.165, 1.54) is 25.7 Å². The van der Waals surface area contributed by atoms with Crippen LogP contribution in [0.1, 0.15) is 44.9 Å². The number of rotatable bonds is 2. The van der Waals surface area contributed by atoms with Crippen molar-refractivity contribution in [2.75, 3.05) is 0 Å². The predicted molar refractivity (Wildman–Crippen MR) is 48.0 cm³/mol. The van der Waals surface area contributed by atoms with Crippen LogP contribution in [0.5, 0.6) is 0 Å². The monoisotopic (exact) mass is 167 g/mol. The minimum Gasteiger partial charge on any atom is -0.311 e.